The third-order valence-electron chi connectivity index (χ3n) is 2.39. The van der Waals surface area contributed by atoms with Crippen LogP contribution in [0.3, 0.4) is 0 Å². The number of halogens is 1. The third-order valence-corrected chi connectivity index (χ3v) is 2.39. The lowest BCUT2D eigenvalue weighted by Crippen LogP contribution is -2.00. The zero-order chi connectivity index (χ0) is 10.9. The molecule has 0 radical (unpaired) electrons. The van der Waals surface area contributed by atoms with Crippen molar-refractivity contribution in [2.45, 2.75) is 39.5 Å². The van der Waals surface area contributed by atoms with E-state index in [1.807, 2.05) is 27.7 Å². The van der Waals surface area contributed by atoms with E-state index in [1.165, 1.54) is 0 Å². The van der Waals surface area contributed by atoms with Gasteiger partial charge in [0.1, 0.15) is 11.6 Å². The van der Waals surface area contributed by atoms with Gasteiger partial charge in [0, 0.05) is 5.56 Å². The lowest BCUT2D eigenvalue weighted by molar-refractivity contribution is 0.451. The molecule has 0 heterocycles. The zero-order valence-corrected chi connectivity index (χ0v) is 9.13. The summed E-state index contributed by atoms with van der Waals surface area (Å²) in [4.78, 5) is 0. The molecule has 0 spiro atoms. The normalized spacial score (nSPS) is 11.4. The lowest BCUT2D eigenvalue weighted by Gasteiger charge is -2.14. The van der Waals surface area contributed by atoms with Crippen molar-refractivity contribution >= 4 is 0 Å². The number of benzene rings is 1. The molecule has 0 saturated carbocycles. The van der Waals surface area contributed by atoms with Gasteiger partial charge in [-0.1, -0.05) is 33.8 Å². The quantitative estimate of drug-likeness (QED) is 0.763. The van der Waals surface area contributed by atoms with Gasteiger partial charge in [0.15, 0.2) is 0 Å². The van der Waals surface area contributed by atoms with E-state index < -0.39 is 0 Å². The molecule has 1 rings (SSSR count). The fourth-order valence-corrected chi connectivity index (χ4v) is 1.59. The molecule has 0 bridgehead atoms. The first-order valence-corrected chi connectivity index (χ1v) is 4.96. The van der Waals surface area contributed by atoms with E-state index in [4.69, 9.17) is 0 Å². The maximum atomic E-state index is 13.9. The largest absolute Gasteiger partial charge is 0.508 e. The molecule has 14 heavy (non-hydrogen) atoms. The predicted octanol–water partition coefficient (Wildman–Crippen LogP) is 3.78. The molecule has 0 unspecified atom stereocenters. The van der Waals surface area contributed by atoms with Gasteiger partial charge in [0.2, 0.25) is 0 Å². The van der Waals surface area contributed by atoms with Crippen molar-refractivity contribution in [2.75, 3.05) is 0 Å². The molecular formula is C12H17FO. The van der Waals surface area contributed by atoms with Gasteiger partial charge in [0.05, 0.1) is 0 Å². The van der Waals surface area contributed by atoms with Gasteiger partial charge >= 0.3 is 0 Å². The number of hydrogen-bond acceptors (Lipinski definition) is 1. The van der Waals surface area contributed by atoms with E-state index >= 15 is 0 Å². The first-order chi connectivity index (χ1) is 6.45. The second-order valence-electron chi connectivity index (χ2n) is 4.21. The Morgan fingerprint density at radius 3 is 2.07 bits per heavy atom. The van der Waals surface area contributed by atoms with Crippen molar-refractivity contribution in [3.8, 4) is 5.75 Å². The van der Waals surface area contributed by atoms with Gasteiger partial charge in [-0.3, -0.25) is 0 Å². The Morgan fingerprint density at radius 2 is 1.64 bits per heavy atom. The van der Waals surface area contributed by atoms with Crippen LogP contribution < -0.4 is 0 Å². The Hall–Kier alpha value is -1.05. The molecule has 1 aromatic rings. The summed E-state index contributed by atoms with van der Waals surface area (Å²) in [5, 5.41) is 9.53. The first-order valence-electron chi connectivity index (χ1n) is 4.96. The summed E-state index contributed by atoms with van der Waals surface area (Å²) in [6.07, 6.45) is 0. The molecule has 1 aromatic carbocycles. The molecule has 0 atom stereocenters. The minimum atomic E-state index is -0.255. The fourth-order valence-electron chi connectivity index (χ4n) is 1.59. The van der Waals surface area contributed by atoms with E-state index in [0.29, 0.717) is 11.1 Å². The Balaban J connectivity index is 3.34. The zero-order valence-electron chi connectivity index (χ0n) is 9.13. The maximum Gasteiger partial charge on any atom is 0.133 e. The number of hydrogen-bond donors (Lipinski definition) is 1. The molecule has 78 valence electrons. The Bertz CT molecular complexity index is 329. The van der Waals surface area contributed by atoms with E-state index in [9.17, 15) is 9.50 Å². The van der Waals surface area contributed by atoms with Crippen LogP contribution >= 0.6 is 0 Å². The highest BCUT2D eigenvalue weighted by atomic mass is 19.1. The number of rotatable bonds is 2. The molecule has 1 N–H and O–H groups in total. The van der Waals surface area contributed by atoms with Gasteiger partial charge in [0.25, 0.3) is 0 Å². The molecule has 0 aliphatic rings. The van der Waals surface area contributed by atoms with Gasteiger partial charge in [-0.05, 0) is 23.5 Å². The number of phenolic OH excluding ortho intramolecular Hbond substituents is 1. The second kappa shape index (κ2) is 3.99. The van der Waals surface area contributed by atoms with Crippen LogP contribution in [-0.2, 0) is 0 Å². The molecular weight excluding hydrogens is 179 g/mol. The van der Waals surface area contributed by atoms with Crippen LogP contribution in [0, 0.1) is 5.82 Å². The molecule has 0 fully saturated rings. The van der Waals surface area contributed by atoms with Crippen LogP contribution in [-0.4, -0.2) is 5.11 Å². The molecule has 0 amide bonds. The summed E-state index contributed by atoms with van der Waals surface area (Å²) in [6, 6.07) is 3.23. The highest BCUT2D eigenvalue weighted by Gasteiger charge is 2.17. The van der Waals surface area contributed by atoms with E-state index in [2.05, 4.69) is 0 Å². The summed E-state index contributed by atoms with van der Waals surface area (Å²) in [5.41, 5.74) is 1.10. The summed E-state index contributed by atoms with van der Waals surface area (Å²) >= 11 is 0. The summed E-state index contributed by atoms with van der Waals surface area (Å²) in [6.45, 7) is 7.64. The van der Waals surface area contributed by atoms with Crippen LogP contribution in [0.2, 0.25) is 0 Å². The Morgan fingerprint density at radius 1 is 1.07 bits per heavy atom. The standard InChI is InChI=1S/C12H17FO/c1-7(2)9-5-6-10(14)11(8(3)4)12(9)13/h5-8,14H,1-4H3. The second-order valence-corrected chi connectivity index (χ2v) is 4.21. The van der Waals surface area contributed by atoms with Crippen molar-refractivity contribution in [3.63, 3.8) is 0 Å². The van der Waals surface area contributed by atoms with Crippen molar-refractivity contribution < 1.29 is 9.50 Å². The van der Waals surface area contributed by atoms with Gasteiger partial charge in [-0.25, -0.2) is 4.39 Å². The average Bonchev–Trinajstić information content (AvgIpc) is 2.02. The van der Waals surface area contributed by atoms with Crippen LogP contribution in [0.5, 0.6) is 5.75 Å². The van der Waals surface area contributed by atoms with E-state index in [-0.39, 0.29) is 23.4 Å². The minimum absolute atomic E-state index is 0.00806. The van der Waals surface area contributed by atoms with Crippen molar-refractivity contribution in [1.82, 2.24) is 0 Å². The average molecular weight is 196 g/mol. The van der Waals surface area contributed by atoms with Crippen molar-refractivity contribution in [1.29, 1.82) is 0 Å². The summed E-state index contributed by atoms with van der Waals surface area (Å²) < 4.78 is 13.9. The van der Waals surface area contributed by atoms with E-state index in [0.717, 1.165) is 0 Å². The molecule has 1 nitrogen and oxygen atoms in total. The summed E-state index contributed by atoms with van der Waals surface area (Å²) in [7, 11) is 0. The molecule has 0 aliphatic carbocycles. The predicted molar refractivity (Wildman–Crippen MR) is 56.2 cm³/mol. The highest BCUT2D eigenvalue weighted by Crippen LogP contribution is 2.32. The first kappa shape index (κ1) is 11.0. The summed E-state index contributed by atoms with van der Waals surface area (Å²) in [5.74, 6) is -0.0429. The van der Waals surface area contributed by atoms with Gasteiger partial charge in [-0.2, -0.15) is 0 Å². The topological polar surface area (TPSA) is 20.2 Å². The number of aromatic hydroxyl groups is 1. The smallest absolute Gasteiger partial charge is 0.133 e. The highest BCUT2D eigenvalue weighted by molar-refractivity contribution is 5.40. The van der Waals surface area contributed by atoms with Crippen LogP contribution in [0.4, 0.5) is 4.39 Å². The minimum Gasteiger partial charge on any atom is -0.508 e. The SMILES string of the molecule is CC(C)c1ccc(O)c(C(C)C)c1F. The van der Waals surface area contributed by atoms with Gasteiger partial charge < -0.3 is 5.11 Å². The van der Waals surface area contributed by atoms with Crippen LogP contribution in [0.25, 0.3) is 0 Å². The van der Waals surface area contributed by atoms with Gasteiger partial charge in [-0.15, -0.1) is 0 Å². The van der Waals surface area contributed by atoms with Crippen molar-refractivity contribution in [3.05, 3.63) is 29.1 Å². The van der Waals surface area contributed by atoms with E-state index in [1.54, 1.807) is 12.1 Å². The maximum absolute atomic E-state index is 13.9. The Labute approximate surface area is 84.6 Å². The Kier molecular flexibility index (Phi) is 3.14. The lowest BCUT2D eigenvalue weighted by atomic mass is 9.94. The molecule has 0 aliphatic heterocycles. The molecule has 0 aromatic heterocycles. The monoisotopic (exact) mass is 196 g/mol. The number of phenols is 1. The van der Waals surface area contributed by atoms with Crippen LogP contribution in [0.15, 0.2) is 12.1 Å². The van der Waals surface area contributed by atoms with Crippen LogP contribution in [0.1, 0.15) is 50.7 Å². The third kappa shape index (κ3) is 1.89. The fraction of sp³-hybridized carbons (Fsp3) is 0.500. The van der Waals surface area contributed by atoms with Crippen molar-refractivity contribution in [2.24, 2.45) is 0 Å². The molecule has 2 heteroatoms. The molecule has 0 saturated heterocycles.